The first kappa shape index (κ1) is 26.0. The molecule has 0 aliphatic heterocycles. The minimum atomic E-state index is -0.577. The van der Waals surface area contributed by atoms with Crippen molar-refractivity contribution < 1.29 is 23.8 Å². The number of carbonyl (C=O) groups is 2. The van der Waals surface area contributed by atoms with E-state index in [-0.39, 0.29) is 12.2 Å². The van der Waals surface area contributed by atoms with Gasteiger partial charge in [0.05, 0.1) is 19.3 Å². The normalized spacial score (nSPS) is 10.9. The zero-order valence-corrected chi connectivity index (χ0v) is 21.1. The van der Waals surface area contributed by atoms with E-state index in [0.717, 1.165) is 16.3 Å². The summed E-state index contributed by atoms with van der Waals surface area (Å²) in [6.45, 7) is 2.36. The highest BCUT2D eigenvalue weighted by Crippen LogP contribution is 2.30. The van der Waals surface area contributed by atoms with Gasteiger partial charge in [-0.2, -0.15) is 5.26 Å². The molecular weight excluding hydrogens is 480 g/mol. The first-order chi connectivity index (χ1) is 18.5. The molecule has 0 saturated heterocycles. The lowest BCUT2D eigenvalue weighted by atomic mass is 10.1. The number of nitrogens with zero attached hydrogens (tertiary/aromatic N) is 1. The fraction of sp³-hybridized carbons (Fsp3) is 0.129. The third kappa shape index (κ3) is 6.18. The highest BCUT2D eigenvalue weighted by Gasteiger charge is 2.13. The van der Waals surface area contributed by atoms with Crippen LogP contribution in [0.15, 0.2) is 90.5 Å². The maximum Gasteiger partial charge on any atom is 0.338 e. The first-order valence-electron chi connectivity index (χ1n) is 12.0. The van der Waals surface area contributed by atoms with Gasteiger partial charge in [-0.15, -0.1) is 0 Å². The van der Waals surface area contributed by atoms with Gasteiger partial charge in [-0.05, 0) is 71.3 Å². The van der Waals surface area contributed by atoms with Crippen molar-refractivity contribution in [1.29, 1.82) is 5.26 Å². The minimum absolute atomic E-state index is 0.0917. The second-order valence-corrected chi connectivity index (χ2v) is 8.26. The molecule has 0 radical (unpaired) electrons. The van der Waals surface area contributed by atoms with Crippen LogP contribution in [0.1, 0.15) is 28.4 Å². The van der Waals surface area contributed by atoms with E-state index in [9.17, 15) is 14.9 Å². The van der Waals surface area contributed by atoms with Crippen LogP contribution in [0.4, 0.5) is 5.69 Å². The van der Waals surface area contributed by atoms with Gasteiger partial charge in [0.25, 0.3) is 5.91 Å². The molecular formula is C31H26N2O5. The SMILES string of the molecule is CCOC(=O)c1ccc(NC(=O)/C(C#N)=C/c2ccc(OCc3cccc4ccccc34)c(OC)c2)cc1. The number of anilines is 1. The van der Waals surface area contributed by atoms with Crippen molar-refractivity contribution in [2.45, 2.75) is 13.5 Å². The average Bonchev–Trinajstić information content (AvgIpc) is 2.95. The van der Waals surface area contributed by atoms with Crippen LogP contribution in [0.25, 0.3) is 16.8 Å². The highest BCUT2D eigenvalue weighted by atomic mass is 16.5. The van der Waals surface area contributed by atoms with Crippen LogP contribution in [-0.4, -0.2) is 25.6 Å². The van der Waals surface area contributed by atoms with Crippen LogP contribution in [0.3, 0.4) is 0 Å². The standard InChI is InChI=1S/C31H26N2O5/c1-3-37-31(35)23-12-14-26(15-13-23)33-30(34)25(19-32)17-21-11-16-28(29(18-21)36-2)38-20-24-9-6-8-22-7-4-5-10-27(22)24/h4-18H,3,20H2,1-2H3,(H,33,34)/b25-17+. The maximum absolute atomic E-state index is 12.7. The molecule has 0 unspecified atom stereocenters. The summed E-state index contributed by atoms with van der Waals surface area (Å²) in [6.07, 6.45) is 1.47. The summed E-state index contributed by atoms with van der Waals surface area (Å²) >= 11 is 0. The molecule has 0 spiro atoms. The fourth-order valence-corrected chi connectivity index (χ4v) is 3.88. The number of benzene rings is 4. The van der Waals surface area contributed by atoms with Crippen LogP contribution in [-0.2, 0) is 16.1 Å². The summed E-state index contributed by atoms with van der Waals surface area (Å²) in [4.78, 5) is 24.5. The predicted molar refractivity (Wildman–Crippen MR) is 146 cm³/mol. The molecule has 0 aliphatic rings. The number of ether oxygens (including phenoxy) is 3. The van der Waals surface area contributed by atoms with Crippen molar-refractivity contribution in [2.75, 3.05) is 19.0 Å². The Kier molecular flexibility index (Phi) is 8.37. The van der Waals surface area contributed by atoms with Gasteiger partial charge >= 0.3 is 5.97 Å². The first-order valence-corrected chi connectivity index (χ1v) is 12.0. The molecule has 0 fully saturated rings. The molecule has 4 aromatic rings. The summed E-state index contributed by atoms with van der Waals surface area (Å²) in [5.74, 6) is 0.00147. The van der Waals surface area contributed by atoms with Crippen molar-refractivity contribution in [2.24, 2.45) is 0 Å². The number of fused-ring (bicyclic) bond motifs is 1. The number of hydrogen-bond acceptors (Lipinski definition) is 6. The Bertz CT molecular complexity index is 1530. The van der Waals surface area contributed by atoms with Gasteiger partial charge < -0.3 is 19.5 Å². The number of carbonyl (C=O) groups excluding carboxylic acids is 2. The second kappa shape index (κ2) is 12.2. The van der Waals surface area contributed by atoms with E-state index in [1.54, 1.807) is 49.4 Å². The highest BCUT2D eigenvalue weighted by molar-refractivity contribution is 6.09. The van der Waals surface area contributed by atoms with E-state index in [2.05, 4.69) is 23.5 Å². The Labute approximate surface area is 220 Å². The molecule has 7 heteroatoms. The van der Waals surface area contributed by atoms with E-state index in [1.807, 2.05) is 30.3 Å². The van der Waals surface area contributed by atoms with Crippen LogP contribution in [0, 0.1) is 11.3 Å². The second-order valence-electron chi connectivity index (χ2n) is 8.26. The van der Waals surface area contributed by atoms with E-state index in [4.69, 9.17) is 14.2 Å². The number of nitrogens with one attached hydrogen (secondary N) is 1. The van der Waals surface area contributed by atoms with Gasteiger partial charge in [0.2, 0.25) is 0 Å². The Morgan fingerprint density at radius 3 is 2.45 bits per heavy atom. The van der Waals surface area contributed by atoms with Gasteiger partial charge in [-0.3, -0.25) is 4.79 Å². The Balaban J connectivity index is 1.47. The molecule has 0 saturated carbocycles. The number of hydrogen-bond donors (Lipinski definition) is 1. The van der Waals surface area contributed by atoms with Crippen molar-refractivity contribution in [1.82, 2.24) is 0 Å². The van der Waals surface area contributed by atoms with Gasteiger partial charge in [-0.25, -0.2) is 4.79 Å². The summed E-state index contributed by atoms with van der Waals surface area (Å²) in [6, 6.07) is 27.6. The Morgan fingerprint density at radius 1 is 0.947 bits per heavy atom. The average molecular weight is 507 g/mol. The minimum Gasteiger partial charge on any atom is -0.493 e. The van der Waals surface area contributed by atoms with Crippen molar-refractivity contribution in [3.63, 3.8) is 0 Å². The molecule has 0 heterocycles. The number of nitriles is 1. The smallest absolute Gasteiger partial charge is 0.338 e. The molecule has 190 valence electrons. The molecule has 0 atom stereocenters. The van der Waals surface area contributed by atoms with Gasteiger partial charge in [-0.1, -0.05) is 48.5 Å². The monoisotopic (exact) mass is 506 g/mol. The Morgan fingerprint density at radius 2 is 1.71 bits per heavy atom. The van der Waals surface area contributed by atoms with Crippen molar-refractivity contribution >= 4 is 34.4 Å². The van der Waals surface area contributed by atoms with Crippen molar-refractivity contribution in [3.8, 4) is 17.6 Å². The topological polar surface area (TPSA) is 97.7 Å². The zero-order valence-electron chi connectivity index (χ0n) is 21.1. The maximum atomic E-state index is 12.7. The lowest BCUT2D eigenvalue weighted by Crippen LogP contribution is -2.13. The molecule has 0 aromatic heterocycles. The van der Waals surface area contributed by atoms with Gasteiger partial charge in [0.15, 0.2) is 11.5 Å². The number of methoxy groups -OCH3 is 1. The quantitative estimate of drug-likeness (QED) is 0.166. The number of esters is 1. The molecule has 4 aromatic carbocycles. The van der Waals surface area contributed by atoms with Crippen LogP contribution < -0.4 is 14.8 Å². The van der Waals surface area contributed by atoms with E-state index in [0.29, 0.717) is 34.9 Å². The van der Waals surface area contributed by atoms with E-state index < -0.39 is 11.9 Å². The van der Waals surface area contributed by atoms with Crippen LogP contribution in [0.5, 0.6) is 11.5 Å². The molecule has 1 amide bonds. The fourth-order valence-electron chi connectivity index (χ4n) is 3.88. The summed E-state index contributed by atoms with van der Waals surface area (Å²) < 4.78 is 16.5. The molecule has 0 aliphatic carbocycles. The number of amides is 1. The number of rotatable bonds is 9. The van der Waals surface area contributed by atoms with E-state index >= 15 is 0 Å². The van der Waals surface area contributed by atoms with Gasteiger partial charge in [0, 0.05) is 5.69 Å². The summed E-state index contributed by atoms with van der Waals surface area (Å²) in [5.41, 5.74) is 2.37. The van der Waals surface area contributed by atoms with Crippen molar-refractivity contribution in [3.05, 3.63) is 107 Å². The van der Waals surface area contributed by atoms with Gasteiger partial charge in [0.1, 0.15) is 18.2 Å². The van der Waals surface area contributed by atoms with E-state index in [1.165, 1.54) is 13.2 Å². The lowest BCUT2D eigenvalue weighted by Gasteiger charge is -2.13. The predicted octanol–water partition coefficient (Wildman–Crippen LogP) is 6.15. The molecule has 0 bridgehead atoms. The summed E-state index contributed by atoms with van der Waals surface area (Å²) in [7, 11) is 1.53. The molecule has 38 heavy (non-hydrogen) atoms. The zero-order chi connectivity index (χ0) is 26.9. The molecule has 7 nitrogen and oxygen atoms in total. The molecule has 4 rings (SSSR count). The molecule has 1 N–H and O–H groups in total. The Hall–Kier alpha value is -5.09. The third-order valence-electron chi connectivity index (χ3n) is 5.78. The van der Waals surface area contributed by atoms with Crippen LogP contribution in [0.2, 0.25) is 0 Å². The summed E-state index contributed by atoms with van der Waals surface area (Å²) in [5, 5.41) is 14.5. The lowest BCUT2D eigenvalue weighted by molar-refractivity contribution is -0.112. The third-order valence-corrected chi connectivity index (χ3v) is 5.78. The largest absolute Gasteiger partial charge is 0.493 e. The van der Waals surface area contributed by atoms with Crippen LogP contribution >= 0.6 is 0 Å².